The Balaban J connectivity index is 2.78. The fourth-order valence-electron chi connectivity index (χ4n) is 2.35. The molecule has 0 saturated carbocycles. The lowest BCUT2D eigenvalue weighted by molar-refractivity contribution is -0.148. The fourth-order valence-corrected chi connectivity index (χ4v) is 2.35. The van der Waals surface area contributed by atoms with Crippen LogP contribution in [0.4, 0.5) is 0 Å². The molecule has 1 atom stereocenters. The van der Waals surface area contributed by atoms with Crippen LogP contribution >= 0.6 is 0 Å². The van der Waals surface area contributed by atoms with Gasteiger partial charge in [0.25, 0.3) is 0 Å². The van der Waals surface area contributed by atoms with Gasteiger partial charge in [-0.1, -0.05) is 6.58 Å². The van der Waals surface area contributed by atoms with Crippen molar-refractivity contribution < 1.29 is 9.53 Å². The first-order valence-electron chi connectivity index (χ1n) is 6.03. The van der Waals surface area contributed by atoms with Crippen LogP contribution in [0, 0.1) is 6.42 Å². The van der Waals surface area contributed by atoms with Crippen molar-refractivity contribution >= 4 is 5.97 Å². The van der Waals surface area contributed by atoms with Gasteiger partial charge in [0.05, 0.1) is 0 Å². The summed E-state index contributed by atoms with van der Waals surface area (Å²) in [6.07, 6.45) is 2.77. The van der Waals surface area contributed by atoms with E-state index < -0.39 is 0 Å². The predicted octanol–water partition coefficient (Wildman–Crippen LogP) is 2.57. The SMILES string of the molecule is C=C(C)C(=O)OC1[CH]C(C)(C)N(C)C(C)(C)C1. The Hall–Kier alpha value is -0.830. The van der Waals surface area contributed by atoms with Crippen molar-refractivity contribution in [2.45, 2.75) is 58.2 Å². The van der Waals surface area contributed by atoms with Gasteiger partial charge in [0.15, 0.2) is 0 Å². The van der Waals surface area contributed by atoms with Crippen LogP contribution in [-0.2, 0) is 9.53 Å². The summed E-state index contributed by atoms with van der Waals surface area (Å²) in [5, 5.41) is 0. The molecule has 0 N–H and O–H groups in total. The number of carbonyl (C=O) groups excluding carboxylic acids is 1. The summed E-state index contributed by atoms with van der Waals surface area (Å²) in [5.74, 6) is -0.303. The third kappa shape index (κ3) is 3.09. The second kappa shape index (κ2) is 4.45. The lowest BCUT2D eigenvalue weighted by atomic mass is 9.79. The molecule has 1 aliphatic rings. The van der Waals surface area contributed by atoms with Crippen LogP contribution in [-0.4, -0.2) is 35.1 Å². The van der Waals surface area contributed by atoms with Gasteiger partial charge in [-0.15, -0.1) is 0 Å². The van der Waals surface area contributed by atoms with Crippen LogP contribution in [0.15, 0.2) is 12.2 Å². The highest BCUT2D eigenvalue weighted by Gasteiger charge is 2.44. The summed E-state index contributed by atoms with van der Waals surface area (Å²) >= 11 is 0. The number of rotatable bonds is 2. The molecule has 1 aliphatic heterocycles. The molecule has 0 bridgehead atoms. The first-order valence-corrected chi connectivity index (χ1v) is 6.03. The molecule has 0 amide bonds. The molecule has 1 heterocycles. The maximum atomic E-state index is 11.6. The number of piperidine rings is 1. The third-order valence-corrected chi connectivity index (χ3v) is 3.67. The van der Waals surface area contributed by atoms with Crippen molar-refractivity contribution in [2.24, 2.45) is 0 Å². The minimum Gasteiger partial charge on any atom is -0.459 e. The highest BCUT2D eigenvalue weighted by molar-refractivity contribution is 5.87. The van der Waals surface area contributed by atoms with Crippen LogP contribution in [0.3, 0.4) is 0 Å². The number of likely N-dealkylation sites (tertiary alicyclic amines) is 1. The normalized spacial score (nSPS) is 24.4. The number of hydrogen-bond donors (Lipinski definition) is 0. The molecule has 1 saturated heterocycles. The van der Waals surface area contributed by atoms with Crippen molar-refractivity contribution in [1.82, 2.24) is 4.90 Å². The molecule has 0 aromatic carbocycles. The summed E-state index contributed by atoms with van der Waals surface area (Å²) in [6.45, 7) is 13.9. The minimum absolute atomic E-state index is 0.0122. The molecule has 0 aromatic rings. The molecule has 1 fully saturated rings. The molecule has 0 aliphatic carbocycles. The van der Waals surface area contributed by atoms with Crippen molar-refractivity contribution in [3.63, 3.8) is 0 Å². The van der Waals surface area contributed by atoms with E-state index in [-0.39, 0.29) is 23.2 Å². The molecule has 1 rings (SSSR count). The summed E-state index contributed by atoms with van der Waals surface area (Å²) in [6, 6.07) is 0. The zero-order chi connectivity index (χ0) is 13.4. The lowest BCUT2D eigenvalue weighted by Crippen LogP contribution is -2.60. The highest BCUT2D eigenvalue weighted by atomic mass is 16.5. The van der Waals surface area contributed by atoms with Crippen LogP contribution < -0.4 is 0 Å². The van der Waals surface area contributed by atoms with Crippen molar-refractivity contribution in [3.8, 4) is 0 Å². The summed E-state index contributed by atoms with van der Waals surface area (Å²) in [7, 11) is 2.10. The van der Waals surface area contributed by atoms with Crippen molar-refractivity contribution in [1.29, 1.82) is 0 Å². The number of ether oxygens (including phenoxy) is 1. The van der Waals surface area contributed by atoms with Crippen molar-refractivity contribution in [3.05, 3.63) is 18.6 Å². The van der Waals surface area contributed by atoms with Gasteiger partial charge in [-0.2, -0.15) is 0 Å². The predicted molar refractivity (Wildman–Crippen MR) is 69.5 cm³/mol. The van der Waals surface area contributed by atoms with Crippen LogP contribution in [0.2, 0.25) is 0 Å². The Bertz CT molecular complexity index is 313. The molecule has 3 heteroatoms. The summed E-state index contributed by atoms with van der Waals surface area (Å²) in [4.78, 5) is 13.9. The van der Waals surface area contributed by atoms with Crippen LogP contribution in [0.5, 0.6) is 0 Å². The lowest BCUT2D eigenvalue weighted by Gasteiger charge is -2.52. The highest BCUT2D eigenvalue weighted by Crippen LogP contribution is 2.37. The first-order chi connectivity index (χ1) is 7.56. The van der Waals surface area contributed by atoms with Crippen LogP contribution in [0.1, 0.15) is 41.0 Å². The standard InChI is InChI=1S/C14H24NO2/c1-10(2)12(16)17-11-8-13(3,4)15(7)14(5,6)9-11/h8,11H,1,9H2,2-7H3. The number of carbonyl (C=O) groups is 1. The average molecular weight is 238 g/mol. The largest absolute Gasteiger partial charge is 0.459 e. The van der Waals surface area contributed by atoms with Gasteiger partial charge in [0.1, 0.15) is 6.10 Å². The van der Waals surface area contributed by atoms with Crippen molar-refractivity contribution in [2.75, 3.05) is 7.05 Å². The van der Waals surface area contributed by atoms with Gasteiger partial charge in [0, 0.05) is 29.5 Å². The number of hydrogen-bond acceptors (Lipinski definition) is 3. The molecular formula is C14H24NO2. The first kappa shape index (κ1) is 14.2. The van der Waals surface area contributed by atoms with Gasteiger partial charge in [0.2, 0.25) is 0 Å². The zero-order valence-electron chi connectivity index (χ0n) is 11.8. The second-order valence-corrected chi connectivity index (χ2v) is 6.12. The molecule has 3 nitrogen and oxygen atoms in total. The van der Waals surface area contributed by atoms with E-state index in [1.807, 2.05) is 0 Å². The molecule has 1 unspecified atom stereocenters. The third-order valence-electron chi connectivity index (χ3n) is 3.67. The Morgan fingerprint density at radius 1 is 1.41 bits per heavy atom. The average Bonchev–Trinajstić information content (AvgIpc) is 2.12. The number of nitrogens with zero attached hydrogens (tertiary/aromatic N) is 1. The minimum atomic E-state index is -0.303. The van der Waals surface area contributed by atoms with E-state index in [4.69, 9.17) is 4.74 Å². The Morgan fingerprint density at radius 3 is 2.35 bits per heavy atom. The summed E-state index contributed by atoms with van der Waals surface area (Å²) in [5.41, 5.74) is 0.382. The molecule has 17 heavy (non-hydrogen) atoms. The van der Waals surface area contributed by atoms with E-state index in [0.717, 1.165) is 6.42 Å². The van der Waals surface area contributed by atoms with E-state index >= 15 is 0 Å². The fraction of sp³-hybridized carbons (Fsp3) is 0.714. The van der Waals surface area contributed by atoms with Crippen LogP contribution in [0.25, 0.3) is 0 Å². The second-order valence-electron chi connectivity index (χ2n) is 6.12. The van der Waals surface area contributed by atoms with E-state index in [2.05, 4.69) is 52.6 Å². The molecule has 1 radical (unpaired) electrons. The van der Waals surface area contributed by atoms with Gasteiger partial charge >= 0.3 is 5.97 Å². The maximum Gasteiger partial charge on any atom is 0.333 e. The maximum absolute atomic E-state index is 11.6. The molecule has 0 spiro atoms. The quantitative estimate of drug-likeness (QED) is 0.547. The Kier molecular flexibility index (Phi) is 3.72. The van der Waals surface area contributed by atoms with E-state index in [0.29, 0.717) is 5.57 Å². The smallest absolute Gasteiger partial charge is 0.333 e. The van der Waals surface area contributed by atoms with Gasteiger partial charge in [-0.25, -0.2) is 4.79 Å². The molecule has 0 aromatic heterocycles. The van der Waals surface area contributed by atoms with Gasteiger partial charge in [-0.05, 0) is 41.7 Å². The molecule has 97 valence electrons. The van der Waals surface area contributed by atoms with E-state index in [1.54, 1.807) is 6.92 Å². The van der Waals surface area contributed by atoms with Gasteiger partial charge in [-0.3, -0.25) is 4.90 Å². The van der Waals surface area contributed by atoms with E-state index in [1.165, 1.54) is 0 Å². The van der Waals surface area contributed by atoms with Gasteiger partial charge < -0.3 is 4.74 Å². The van der Waals surface area contributed by atoms with E-state index in [9.17, 15) is 4.79 Å². The summed E-state index contributed by atoms with van der Waals surface area (Å²) < 4.78 is 5.45. The number of esters is 1. The topological polar surface area (TPSA) is 29.5 Å². The molecular weight excluding hydrogens is 214 g/mol. The monoisotopic (exact) mass is 238 g/mol. The zero-order valence-corrected chi connectivity index (χ0v) is 11.8. The Labute approximate surface area is 105 Å². The Morgan fingerprint density at radius 2 is 1.94 bits per heavy atom.